The summed E-state index contributed by atoms with van der Waals surface area (Å²) in [6.07, 6.45) is 3.25. The van der Waals surface area contributed by atoms with E-state index in [4.69, 9.17) is 0 Å². The van der Waals surface area contributed by atoms with E-state index in [2.05, 4.69) is 13.8 Å². The van der Waals surface area contributed by atoms with Gasteiger partial charge in [0.25, 0.3) is 5.91 Å². The van der Waals surface area contributed by atoms with Crippen molar-refractivity contribution in [1.82, 2.24) is 4.90 Å². The van der Waals surface area contributed by atoms with Gasteiger partial charge >= 0.3 is 0 Å². The first kappa shape index (κ1) is 15.2. The summed E-state index contributed by atoms with van der Waals surface area (Å²) in [6.45, 7) is 4.34. The summed E-state index contributed by atoms with van der Waals surface area (Å²) in [6, 6.07) is 12.2. The molecule has 0 aliphatic carbocycles. The SMILES string of the molecule is C[C@@H]1CCC[C@H](C)N1C(=O)CN1C(=O)c2cccc3cccc1c23. The first-order valence-electron chi connectivity index (χ1n) is 8.72. The van der Waals surface area contributed by atoms with Crippen LogP contribution in [-0.4, -0.2) is 35.3 Å². The van der Waals surface area contributed by atoms with Crippen LogP contribution in [0.5, 0.6) is 0 Å². The van der Waals surface area contributed by atoms with Crippen LogP contribution in [-0.2, 0) is 4.79 Å². The largest absolute Gasteiger partial charge is 0.336 e. The van der Waals surface area contributed by atoms with Crippen LogP contribution in [0, 0.1) is 0 Å². The Labute approximate surface area is 142 Å². The predicted molar refractivity (Wildman–Crippen MR) is 95.2 cm³/mol. The molecule has 4 rings (SSSR count). The molecule has 0 radical (unpaired) electrons. The van der Waals surface area contributed by atoms with Crippen molar-refractivity contribution >= 4 is 28.3 Å². The number of rotatable bonds is 2. The molecule has 0 aromatic heterocycles. The van der Waals surface area contributed by atoms with Crippen molar-refractivity contribution < 1.29 is 9.59 Å². The third-order valence-electron chi connectivity index (χ3n) is 5.42. The standard InChI is InChI=1S/C20H22N2O2/c1-13-6-3-7-14(2)22(13)18(23)12-21-17-11-5-9-15-8-4-10-16(19(15)17)20(21)24/h4-5,8-11,13-14H,3,6-7,12H2,1-2H3/t13-,14+. The van der Waals surface area contributed by atoms with E-state index in [0.717, 1.165) is 29.3 Å². The molecule has 0 bridgehead atoms. The van der Waals surface area contributed by atoms with Crippen LogP contribution in [0.15, 0.2) is 36.4 Å². The highest BCUT2D eigenvalue weighted by Gasteiger charge is 2.35. The average Bonchev–Trinajstić information content (AvgIpc) is 2.83. The van der Waals surface area contributed by atoms with Crippen LogP contribution in [0.3, 0.4) is 0 Å². The molecule has 4 heteroatoms. The summed E-state index contributed by atoms with van der Waals surface area (Å²) in [7, 11) is 0. The number of anilines is 1. The van der Waals surface area contributed by atoms with E-state index < -0.39 is 0 Å². The molecular formula is C20H22N2O2. The lowest BCUT2D eigenvalue weighted by Crippen LogP contribution is -2.51. The van der Waals surface area contributed by atoms with Gasteiger partial charge in [-0.3, -0.25) is 14.5 Å². The minimum absolute atomic E-state index is 0.0489. The van der Waals surface area contributed by atoms with E-state index in [-0.39, 0.29) is 30.4 Å². The monoisotopic (exact) mass is 322 g/mol. The normalized spacial score (nSPS) is 23.2. The van der Waals surface area contributed by atoms with Gasteiger partial charge in [0.1, 0.15) is 6.54 Å². The van der Waals surface area contributed by atoms with Crippen molar-refractivity contribution in [3.8, 4) is 0 Å². The van der Waals surface area contributed by atoms with Gasteiger partial charge in [0.05, 0.1) is 5.69 Å². The molecule has 2 amide bonds. The Morgan fingerprint density at radius 3 is 2.46 bits per heavy atom. The van der Waals surface area contributed by atoms with Gasteiger partial charge in [-0.1, -0.05) is 24.3 Å². The molecule has 0 saturated carbocycles. The number of nitrogens with zero attached hydrogens (tertiary/aromatic N) is 2. The lowest BCUT2D eigenvalue weighted by Gasteiger charge is -2.39. The molecule has 2 aliphatic rings. The summed E-state index contributed by atoms with van der Waals surface area (Å²) in [5, 5.41) is 2.02. The van der Waals surface area contributed by atoms with Crippen LogP contribution < -0.4 is 4.90 Å². The molecule has 24 heavy (non-hydrogen) atoms. The smallest absolute Gasteiger partial charge is 0.259 e. The number of carbonyl (C=O) groups excluding carboxylic acids is 2. The highest BCUT2D eigenvalue weighted by atomic mass is 16.2. The molecule has 1 fully saturated rings. The van der Waals surface area contributed by atoms with Crippen LogP contribution in [0.2, 0.25) is 0 Å². The van der Waals surface area contributed by atoms with Gasteiger partial charge in [-0.2, -0.15) is 0 Å². The molecule has 0 unspecified atom stereocenters. The van der Waals surface area contributed by atoms with Crippen LogP contribution in [0.25, 0.3) is 10.8 Å². The molecule has 1 saturated heterocycles. The van der Waals surface area contributed by atoms with E-state index >= 15 is 0 Å². The first-order valence-corrected chi connectivity index (χ1v) is 8.72. The van der Waals surface area contributed by atoms with Crippen molar-refractivity contribution in [1.29, 1.82) is 0 Å². The van der Waals surface area contributed by atoms with Crippen molar-refractivity contribution in [2.24, 2.45) is 0 Å². The molecule has 2 heterocycles. The quantitative estimate of drug-likeness (QED) is 0.848. The lowest BCUT2D eigenvalue weighted by atomic mass is 9.97. The van der Waals surface area contributed by atoms with Gasteiger partial charge in [-0.05, 0) is 50.6 Å². The van der Waals surface area contributed by atoms with E-state index in [9.17, 15) is 9.59 Å². The Hall–Kier alpha value is -2.36. The molecular weight excluding hydrogens is 300 g/mol. The predicted octanol–water partition coefficient (Wildman–Crippen LogP) is 3.59. The zero-order chi connectivity index (χ0) is 16.8. The van der Waals surface area contributed by atoms with E-state index in [1.54, 1.807) is 4.90 Å². The fraction of sp³-hybridized carbons (Fsp3) is 0.400. The second-order valence-electron chi connectivity index (χ2n) is 7.00. The molecule has 2 aromatic rings. The second kappa shape index (κ2) is 5.62. The molecule has 2 aliphatic heterocycles. The van der Waals surface area contributed by atoms with Gasteiger partial charge in [0, 0.05) is 23.0 Å². The van der Waals surface area contributed by atoms with Gasteiger partial charge < -0.3 is 4.90 Å². The van der Waals surface area contributed by atoms with Gasteiger partial charge in [-0.15, -0.1) is 0 Å². The Morgan fingerprint density at radius 2 is 1.75 bits per heavy atom. The Bertz CT molecular complexity index is 814. The number of likely N-dealkylation sites (tertiary alicyclic amines) is 1. The van der Waals surface area contributed by atoms with Gasteiger partial charge in [-0.25, -0.2) is 0 Å². The van der Waals surface area contributed by atoms with Gasteiger partial charge in [0.15, 0.2) is 0 Å². The maximum Gasteiger partial charge on any atom is 0.259 e. The zero-order valence-corrected chi connectivity index (χ0v) is 14.2. The average molecular weight is 322 g/mol. The summed E-state index contributed by atoms with van der Waals surface area (Å²) in [5.41, 5.74) is 1.56. The highest BCUT2D eigenvalue weighted by molar-refractivity contribution is 6.26. The number of piperidine rings is 1. The topological polar surface area (TPSA) is 40.6 Å². The van der Waals surface area contributed by atoms with E-state index in [1.807, 2.05) is 41.3 Å². The van der Waals surface area contributed by atoms with E-state index in [0.29, 0.717) is 5.56 Å². The summed E-state index contributed by atoms with van der Waals surface area (Å²) < 4.78 is 0. The first-order chi connectivity index (χ1) is 11.6. The molecule has 2 aromatic carbocycles. The minimum atomic E-state index is -0.0625. The van der Waals surface area contributed by atoms with Crippen molar-refractivity contribution in [3.63, 3.8) is 0 Å². The number of hydrogen-bond donors (Lipinski definition) is 0. The van der Waals surface area contributed by atoms with Crippen molar-refractivity contribution in [3.05, 3.63) is 42.0 Å². The lowest BCUT2D eigenvalue weighted by molar-refractivity contribution is -0.135. The number of carbonyl (C=O) groups is 2. The molecule has 4 nitrogen and oxygen atoms in total. The molecule has 2 atom stereocenters. The Balaban J connectivity index is 1.66. The van der Waals surface area contributed by atoms with Crippen molar-refractivity contribution in [2.75, 3.05) is 11.4 Å². The number of amides is 2. The maximum absolute atomic E-state index is 12.9. The molecule has 0 spiro atoms. The third-order valence-corrected chi connectivity index (χ3v) is 5.42. The fourth-order valence-electron chi connectivity index (χ4n) is 4.27. The van der Waals surface area contributed by atoms with Gasteiger partial charge in [0.2, 0.25) is 5.91 Å². The van der Waals surface area contributed by atoms with E-state index in [1.165, 1.54) is 6.42 Å². The summed E-state index contributed by atoms with van der Waals surface area (Å²) in [5.74, 6) is -0.0136. The summed E-state index contributed by atoms with van der Waals surface area (Å²) in [4.78, 5) is 29.4. The maximum atomic E-state index is 12.9. The second-order valence-corrected chi connectivity index (χ2v) is 7.00. The number of benzene rings is 2. The summed E-state index contributed by atoms with van der Waals surface area (Å²) >= 11 is 0. The fourth-order valence-corrected chi connectivity index (χ4v) is 4.27. The number of hydrogen-bond acceptors (Lipinski definition) is 2. The zero-order valence-electron chi connectivity index (χ0n) is 14.2. The highest BCUT2D eigenvalue weighted by Crippen LogP contribution is 2.37. The Kier molecular flexibility index (Phi) is 3.56. The Morgan fingerprint density at radius 1 is 1.08 bits per heavy atom. The third kappa shape index (κ3) is 2.20. The molecule has 0 N–H and O–H groups in total. The van der Waals surface area contributed by atoms with Crippen LogP contribution in [0.4, 0.5) is 5.69 Å². The van der Waals surface area contributed by atoms with Crippen LogP contribution >= 0.6 is 0 Å². The van der Waals surface area contributed by atoms with Crippen molar-refractivity contribution in [2.45, 2.75) is 45.2 Å². The minimum Gasteiger partial charge on any atom is -0.336 e. The van der Waals surface area contributed by atoms with Crippen LogP contribution in [0.1, 0.15) is 43.5 Å². The molecule has 124 valence electrons.